The van der Waals surface area contributed by atoms with Gasteiger partial charge in [-0.25, -0.2) is 4.98 Å². The Hall–Kier alpha value is -2.36. The summed E-state index contributed by atoms with van der Waals surface area (Å²) in [6.07, 6.45) is 1.54. The molecule has 0 fully saturated rings. The van der Waals surface area contributed by atoms with Crippen LogP contribution in [0.2, 0.25) is 0 Å². The van der Waals surface area contributed by atoms with E-state index in [1.165, 1.54) is 18.3 Å². The van der Waals surface area contributed by atoms with Crippen LogP contribution in [0.1, 0.15) is 29.8 Å². The molecule has 0 aliphatic rings. The number of nitrogens with zero attached hydrogens (tertiary/aromatic N) is 1. The summed E-state index contributed by atoms with van der Waals surface area (Å²) >= 11 is 0. The molecule has 0 aliphatic carbocycles. The fourth-order valence-corrected chi connectivity index (χ4v) is 1.61. The molecule has 1 heterocycles. The lowest BCUT2D eigenvalue weighted by molar-refractivity contribution is 0.103. The highest BCUT2D eigenvalue weighted by Crippen LogP contribution is 2.15. The molecule has 0 bridgehead atoms. The maximum absolute atomic E-state index is 12.1. The predicted molar refractivity (Wildman–Crippen MR) is 71.5 cm³/mol. The monoisotopic (exact) mass is 257 g/mol. The van der Waals surface area contributed by atoms with Gasteiger partial charge < -0.3 is 9.84 Å². The summed E-state index contributed by atoms with van der Waals surface area (Å²) < 4.78 is 5.41. The Morgan fingerprint density at radius 3 is 2.26 bits per heavy atom. The fourth-order valence-electron chi connectivity index (χ4n) is 1.61. The molecule has 1 aromatic carbocycles. The minimum atomic E-state index is -0.136. The average molecular weight is 257 g/mol. The van der Waals surface area contributed by atoms with E-state index in [9.17, 15) is 9.90 Å². The number of carbonyl (C=O) groups excluding carboxylic acids is 1. The normalized spacial score (nSPS) is 10.5. The van der Waals surface area contributed by atoms with E-state index in [0.717, 1.165) is 0 Å². The van der Waals surface area contributed by atoms with Gasteiger partial charge in [0.05, 0.1) is 6.10 Å². The number of hydrogen-bond acceptors (Lipinski definition) is 4. The van der Waals surface area contributed by atoms with E-state index in [1.807, 2.05) is 13.8 Å². The number of hydrogen-bond donors (Lipinski definition) is 1. The van der Waals surface area contributed by atoms with Gasteiger partial charge in [-0.3, -0.25) is 4.79 Å². The highest BCUT2D eigenvalue weighted by Gasteiger charge is 2.10. The van der Waals surface area contributed by atoms with E-state index in [-0.39, 0.29) is 17.6 Å². The smallest absolute Gasteiger partial charge is 0.213 e. The second kappa shape index (κ2) is 5.52. The molecule has 98 valence electrons. The van der Waals surface area contributed by atoms with Crippen LogP contribution in [0.15, 0.2) is 42.6 Å². The Morgan fingerprint density at radius 1 is 1.11 bits per heavy atom. The molecule has 0 spiro atoms. The van der Waals surface area contributed by atoms with E-state index >= 15 is 0 Å². The number of rotatable bonds is 4. The molecule has 1 N–H and O–H groups in total. The van der Waals surface area contributed by atoms with Crippen molar-refractivity contribution in [2.24, 2.45) is 0 Å². The molecule has 0 atom stereocenters. The third-order valence-electron chi connectivity index (χ3n) is 2.48. The van der Waals surface area contributed by atoms with Crippen molar-refractivity contribution in [3.63, 3.8) is 0 Å². The Bertz CT molecular complexity index is 559. The Kier molecular flexibility index (Phi) is 3.80. The summed E-state index contributed by atoms with van der Waals surface area (Å²) in [6, 6.07) is 9.48. The second-order valence-electron chi connectivity index (χ2n) is 4.43. The lowest BCUT2D eigenvalue weighted by Gasteiger charge is -2.08. The van der Waals surface area contributed by atoms with Gasteiger partial charge in [-0.2, -0.15) is 0 Å². The van der Waals surface area contributed by atoms with Gasteiger partial charge in [-0.05, 0) is 44.2 Å². The van der Waals surface area contributed by atoms with Crippen molar-refractivity contribution in [3.8, 4) is 11.6 Å². The van der Waals surface area contributed by atoms with Crippen molar-refractivity contribution in [1.29, 1.82) is 0 Å². The van der Waals surface area contributed by atoms with Crippen LogP contribution >= 0.6 is 0 Å². The van der Waals surface area contributed by atoms with Crippen LogP contribution in [0.3, 0.4) is 0 Å². The molecule has 0 aliphatic heterocycles. The molecule has 0 amide bonds. The van der Waals surface area contributed by atoms with Crippen molar-refractivity contribution in [3.05, 3.63) is 53.7 Å². The van der Waals surface area contributed by atoms with Gasteiger partial charge in [0.25, 0.3) is 0 Å². The van der Waals surface area contributed by atoms with E-state index in [4.69, 9.17) is 4.74 Å². The molecule has 0 radical (unpaired) electrons. The zero-order chi connectivity index (χ0) is 13.8. The SMILES string of the molecule is CC(C)Oc1ccc(C(=O)c2ccc(O)cc2)cn1. The maximum atomic E-state index is 12.1. The lowest BCUT2D eigenvalue weighted by atomic mass is 10.1. The van der Waals surface area contributed by atoms with Crippen LogP contribution in [0.25, 0.3) is 0 Å². The Labute approximate surface area is 111 Å². The molecule has 0 saturated carbocycles. The zero-order valence-electron chi connectivity index (χ0n) is 10.8. The fraction of sp³-hybridized carbons (Fsp3) is 0.200. The standard InChI is InChI=1S/C15H15NO3/c1-10(2)19-14-8-5-12(9-16-14)15(18)11-3-6-13(17)7-4-11/h3-10,17H,1-2H3. The van der Waals surface area contributed by atoms with Crippen LogP contribution in [0, 0.1) is 0 Å². The highest BCUT2D eigenvalue weighted by atomic mass is 16.5. The first-order valence-electron chi connectivity index (χ1n) is 6.02. The number of ether oxygens (including phenoxy) is 1. The minimum absolute atomic E-state index is 0.0474. The first-order chi connectivity index (χ1) is 9.06. The topological polar surface area (TPSA) is 59.4 Å². The van der Waals surface area contributed by atoms with Crippen molar-refractivity contribution in [2.75, 3.05) is 0 Å². The summed E-state index contributed by atoms with van der Waals surface area (Å²) in [7, 11) is 0. The minimum Gasteiger partial charge on any atom is -0.508 e. The molecule has 4 nitrogen and oxygen atoms in total. The van der Waals surface area contributed by atoms with Gasteiger partial charge in [-0.1, -0.05) is 0 Å². The Balaban J connectivity index is 2.17. The van der Waals surface area contributed by atoms with Gasteiger partial charge in [-0.15, -0.1) is 0 Å². The van der Waals surface area contributed by atoms with Crippen LogP contribution in [-0.4, -0.2) is 22.0 Å². The van der Waals surface area contributed by atoms with Crippen LogP contribution in [0.5, 0.6) is 11.6 Å². The molecular weight excluding hydrogens is 242 g/mol. The summed E-state index contributed by atoms with van der Waals surface area (Å²) in [4.78, 5) is 16.2. The third kappa shape index (κ3) is 3.31. The van der Waals surface area contributed by atoms with Gasteiger partial charge in [0.2, 0.25) is 5.88 Å². The maximum Gasteiger partial charge on any atom is 0.213 e. The van der Waals surface area contributed by atoms with E-state index < -0.39 is 0 Å². The van der Waals surface area contributed by atoms with Crippen molar-refractivity contribution < 1.29 is 14.6 Å². The van der Waals surface area contributed by atoms with Crippen molar-refractivity contribution in [1.82, 2.24) is 4.98 Å². The molecule has 0 saturated heterocycles. The second-order valence-corrected chi connectivity index (χ2v) is 4.43. The number of aromatic nitrogens is 1. The quantitative estimate of drug-likeness (QED) is 0.856. The van der Waals surface area contributed by atoms with Crippen molar-refractivity contribution >= 4 is 5.78 Å². The molecule has 4 heteroatoms. The molecule has 2 rings (SSSR count). The number of phenols is 1. The molecule has 19 heavy (non-hydrogen) atoms. The van der Waals surface area contributed by atoms with E-state index in [2.05, 4.69) is 4.98 Å². The van der Waals surface area contributed by atoms with E-state index in [0.29, 0.717) is 17.0 Å². The lowest BCUT2D eigenvalue weighted by Crippen LogP contribution is -2.08. The van der Waals surface area contributed by atoms with Gasteiger partial charge in [0, 0.05) is 23.4 Å². The number of ketones is 1. The summed E-state index contributed by atoms with van der Waals surface area (Å²) in [5.74, 6) is 0.496. The predicted octanol–water partition coefficient (Wildman–Crippen LogP) is 2.81. The first kappa shape index (κ1) is 13.1. The average Bonchev–Trinajstić information content (AvgIpc) is 2.39. The number of pyridine rings is 1. The summed E-state index contributed by atoms with van der Waals surface area (Å²) in [5.41, 5.74) is 0.999. The Morgan fingerprint density at radius 2 is 1.74 bits per heavy atom. The molecule has 0 unspecified atom stereocenters. The number of benzene rings is 1. The third-order valence-corrected chi connectivity index (χ3v) is 2.48. The number of aromatic hydroxyl groups is 1. The zero-order valence-corrected chi connectivity index (χ0v) is 10.8. The summed E-state index contributed by atoms with van der Waals surface area (Å²) in [5, 5.41) is 9.19. The van der Waals surface area contributed by atoms with Crippen LogP contribution in [0.4, 0.5) is 0 Å². The number of carbonyl (C=O) groups is 1. The molecular formula is C15H15NO3. The van der Waals surface area contributed by atoms with Crippen molar-refractivity contribution in [2.45, 2.75) is 20.0 Å². The van der Waals surface area contributed by atoms with Gasteiger partial charge in [0.15, 0.2) is 5.78 Å². The van der Waals surface area contributed by atoms with E-state index in [1.54, 1.807) is 24.3 Å². The summed E-state index contributed by atoms with van der Waals surface area (Å²) in [6.45, 7) is 3.83. The van der Waals surface area contributed by atoms with Crippen LogP contribution < -0.4 is 4.74 Å². The highest BCUT2D eigenvalue weighted by molar-refractivity contribution is 6.08. The van der Waals surface area contributed by atoms with Crippen LogP contribution in [-0.2, 0) is 0 Å². The first-order valence-corrected chi connectivity index (χ1v) is 6.02. The largest absolute Gasteiger partial charge is 0.508 e. The number of phenolic OH excluding ortho intramolecular Hbond substituents is 1. The van der Waals surface area contributed by atoms with Gasteiger partial charge >= 0.3 is 0 Å². The van der Waals surface area contributed by atoms with Gasteiger partial charge in [0.1, 0.15) is 5.75 Å². The molecule has 1 aromatic heterocycles. The molecule has 2 aromatic rings.